The molecule has 5 rings (SSSR count). The highest BCUT2D eigenvalue weighted by Crippen LogP contribution is 2.15. The molecule has 5 aromatic rings. The van der Waals surface area contributed by atoms with Gasteiger partial charge in [-0.3, -0.25) is 19.4 Å². The number of carbonyl (C=O) groups is 1. The van der Waals surface area contributed by atoms with E-state index in [0.29, 0.717) is 29.6 Å². The highest BCUT2D eigenvalue weighted by Gasteiger charge is 2.19. The number of hydrogen-bond donors (Lipinski definition) is 2. The Morgan fingerprint density at radius 3 is 2.44 bits per heavy atom. The molecule has 0 aliphatic rings. The number of hydrogen-bond acceptors (Lipinski definition) is 4. The van der Waals surface area contributed by atoms with E-state index in [1.54, 1.807) is 16.8 Å². The van der Waals surface area contributed by atoms with Crippen molar-refractivity contribution in [2.75, 3.05) is 0 Å². The molecule has 0 fully saturated rings. The van der Waals surface area contributed by atoms with Crippen LogP contribution in [0.4, 0.5) is 0 Å². The van der Waals surface area contributed by atoms with Crippen LogP contribution < -0.4 is 16.4 Å². The summed E-state index contributed by atoms with van der Waals surface area (Å²) in [4.78, 5) is 31.6. The van der Waals surface area contributed by atoms with Crippen molar-refractivity contribution in [3.05, 3.63) is 123 Å². The third-order valence-electron chi connectivity index (χ3n) is 6.41. The van der Waals surface area contributed by atoms with Crippen LogP contribution >= 0.6 is 0 Å². The summed E-state index contributed by atoms with van der Waals surface area (Å²) in [5, 5.41) is 12.2. The van der Waals surface area contributed by atoms with Crippen molar-refractivity contribution in [2.24, 2.45) is 0 Å². The van der Waals surface area contributed by atoms with Crippen molar-refractivity contribution in [3.8, 4) is 0 Å². The average molecular weight is 478 g/mol. The first-order valence-corrected chi connectivity index (χ1v) is 11.9. The molecule has 7 nitrogen and oxygen atoms in total. The summed E-state index contributed by atoms with van der Waals surface area (Å²) in [5.41, 5.74) is 3.78. The minimum atomic E-state index is -0.402. The van der Waals surface area contributed by atoms with E-state index in [-0.39, 0.29) is 22.7 Å². The van der Waals surface area contributed by atoms with Crippen LogP contribution in [0.2, 0.25) is 0 Å². The first-order chi connectivity index (χ1) is 17.4. The molecule has 1 atom stereocenters. The van der Waals surface area contributed by atoms with Crippen molar-refractivity contribution in [3.63, 3.8) is 0 Å². The van der Waals surface area contributed by atoms with Crippen molar-refractivity contribution in [1.82, 2.24) is 19.3 Å². The Labute approximate surface area is 208 Å². The topological polar surface area (TPSA) is 92.2 Å². The lowest BCUT2D eigenvalue weighted by Gasteiger charge is -2.17. The van der Waals surface area contributed by atoms with Gasteiger partial charge in [0.2, 0.25) is 0 Å². The number of nitrogens with one attached hydrogen (secondary N) is 2. The van der Waals surface area contributed by atoms with E-state index in [9.17, 15) is 9.59 Å². The van der Waals surface area contributed by atoms with E-state index in [0.717, 1.165) is 16.7 Å². The van der Waals surface area contributed by atoms with Gasteiger partial charge in [0, 0.05) is 12.7 Å². The predicted molar refractivity (Wildman–Crippen MR) is 140 cm³/mol. The molecule has 0 saturated carbocycles. The molecule has 3 aromatic heterocycles. The van der Waals surface area contributed by atoms with Gasteiger partial charge in [-0.25, -0.2) is 4.98 Å². The van der Waals surface area contributed by atoms with Crippen LogP contribution in [0.3, 0.4) is 0 Å². The molecule has 0 bridgehead atoms. The Kier molecular flexibility index (Phi) is 6.21. The minimum absolute atomic E-state index is 0.0274. The Morgan fingerprint density at radius 2 is 1.72 bits per heavy atom. The zero-order chi connectivity index (χ0) is 25.2. The van der Waals surface area contributed by atoms with E-state index in [1.165, 1.54) is 10.5 Å². The van der Waals surface area contributed by atoms with E-state index in [2.05, 4.69) is 5.32 Å². The summed E-state index contributed by atoms with van der Waals surface area (Å²) >= 11 is 0. The lowest BCUT2D eigenvalue weighted by molar-refractivity contribution is 0.0937. The fourth-order valence-electron chi connectivity index (χ4n) is 4.42. The van der Waals surface area contributed by atoms with Crippen molar-refractivity contribution < 1.29 is 4.79 Å². The van der Waals surface area contributed by atoms with Crippen LogP contribution in [0.25, 0.3) is 16.7 Å². The maximum atomic E-state index is 13.5. The van der Waals surface area contributed by atoms with Gasteiger partial charge in [-0.2, -0.15) is 0 Å². The molecular weight excluding hydrogens is 450 g/mol. The summed E-state index contributed by atoms with van der Waals surface area (Å²) in [6, 6.07) is 24.5. The Balaban J connectivity index is 1.65. The molecule has 7 heteroatoms. The monoisotopic (exact) mass is 477 g/mol. The number of benzene rings is 2. The normalized spacial score (nSPS) is 12.1. The largest absolute Gasteiger partial charge is 0.345 e. The maximum absolute atomic E-state index is 13.5. The smallest absolute Gasteiger partial charge is 0.267 e. The second-order valence-corrected chi connectivity index (χ2v) is 8.99. The van der Waals surface area contributed by atoms with Gasteiger partial charge in [-0.05, 0) is 49.1 Å². The van der Waals surface area contributed by atoms with Crippen LogP contribution in [0.1, 0.15) is 40.0 Å². The second kappa shape index (κ2) is 9.62. The average Bonchev–Trinajstić information content (AvgIpc) is 2.89. The van der Waals surface area contributed by atoms with Crippen LogP contribution in [-0.2, 0) is 13.0 Å². The van der Waals surface area contributed by atoms with E-state index < -0.39 is 5.91 Å². The molecule has 0 spiro atoms. The third kappa shape index (κ3) is 4.43. The standard InChI is InChI=1S/C29H27N5O2/c1-19-13-14-25-32-27-24(29(36)34(25)18-19)17-23(28(35)31-20(2)22-11-7-4-8-12-22)26(30)33(27)16-15-21-9-5-3-6-10-21/h3-14,17-18,20,30H,15-16H2,1-2H3,(H,31,35). The highest BCUT2D eigenvalue weighted by atomic mass is 16.2. The van der Waals surface area contributed by atoms with Gasteiger partial charge in [-0.1, -0.05) is 66.7 Å². The lowest BCUT2D eigenvalue weighted by atomic mass is 10.1. The van der Waals surface area contributed by atoms with Crippen molar-refractivity contribution in [1.29, 1.82) is 5.41 Å². The first kappa shape index (κ1) is 23.2. The minimum Gasteiger partial charge on any atom is -0.345 e. The fraction of sp³-hybridized carbons (Fsp3) is 0.172. The number of aromatic nitrogens is 3. The molecule has 1 amide bonds. The zero-order valence-corrected chi connectivity index (χ0v) is 20.2. The SMILES string of the molecule is Cc1ccc2nc3c(cc(C(=O)NC(C)c4ccccc4)c(=N)n3CCc3ccccc3)c(=O)n2c1. The van der Waals surface area contributed by atoms with Gasteiger partial charge in [-0.15, -0.1) is 0 Å². The summed E-state index contributed by atoms with van der Waals surface area (Å²) in [6.07, 6.45) is 2.37. The molecule has 2 N–H and O–H groups in total. The molecule has 0 saturated heterocycles. The van der Waals surface area contributed by atoms with E-state index in [4.69, 9.17) is 10.4 Å². The van der Waals surface area contributed by atoms with Gasteiger partial charge in [0.25, 0.3) is 11.5 Å². The zero-order valence-electron chi connectivity index (χ0n) is 20.2. The van der Waals surface area contributed by atoms with E-state index >= 15 is 0 Å². The summed E-state index contributed by atoms with van der Waals surface area (Å²) in [6.45, 7) is 4.21. The fourth-order valence-corrected chi connectivity index (χ4v) is 4.42. The maximum Gasteiger partial charge on any atom is 0.267 e. The second-order valence-electron chi connectivity index (χ2n) is 8.99. The van der Waals surface area contributed by atoms with Gasteiger partial charge in [0.15, 0.2) is 0 Å². The Bertz CT molecular complexity index is 1690. The van der Waals surface area contributed by atoms with Crippen LogP contribution in [0.15, 0.2) is 89.9 Å². The number of pyridine rings is 2. The Hall–Kier alpha value is -4.52. The quantitative estimate of drug-likeness (QED) is 0.360. The Morgan fingerprint density at radius 1 is 1.03 bits per heavy atom. The molecule has 180 valence electrons. The molecule has 0 aliphatic heterocycles. The molecule has 2 aromatic carbocycles. The molecule has 0 radical (unpaired) electrons. The first-order valence-electron chi connectivity index (χ1n) is 11.9. The molecule has 1 unspecified atom stereocenters. The number of fused-ring (bicyclic) bond motifs is 2. The summed E-state index contributed by atoms with van der Waals surface area (Å²) in [5.74, 6) is -0.402. The van der Waals surface area contributed by atoms with Crippen molar-refractivity contribution >= 4 is 22.6 Å². The van der Waals surface area contributed by atoms with Crippen molar-refractivity contribution in [2.45, 2.75) is 32.9 Å². The molecule has 36 heavy (non-hydrogen) atoms. The summed E-state index contributed by atoms with van der Waals surface area (Å²) in [7, 11) is 0. The highest BCUT2D eigenvalue weighted by molar-refractivity contribution is 5.97. The molecule has 0 aliphatic carbocycles. The number of carbonyl (C=O) groups excluding carboxylic acids is 1. The van der Waals surface area contributed by atoms with Crippen LogP contribution in [0, 0.1) is 12.3 Å². The lowest BCUT2D eigenvalue weighted by Crippen LogP contribution is -2.36. The van der Waals surface area contributed by atoms with Crippen LogP contribution in [-0.4, -0.2) is 19.9 Å². The van der Waals surface area contributed by atoms with Crippen LogP contribution in [0.5, 0.6) is 0 Å². The molecular formula is C29H27N5O2. The van der Waals surface area contributed by atoms with Gasteiger partial charge >= 0.3 is 0 Å². The predicted octanol–water partition coefficient (Wildman–Crippen LogP) is 4.17. The number of rotatable bonds is 6. The van der Waals surface area contributed by atoms with Gasteiger partial charge in [0.1, 0.15) is 16.8 Å². The number of amides is 1. The van der Waals surface area contributed by atoms with Gasteiger partial charge < -0.3 is 9.88 Å². The van der Waals surface area contributed by atoms with Gasteiger partial charge in [0.05, 0.1) is 17.0 Å². The molecule has 3 heterocycles. The third-order valence-corrected chi connectivity index (χ3v) is 6.41. The number of aryl methyl sites for hydroxylation is 3. The van der Waals surface area contributed by atoms with E-state index in [1.807, 2.05) is 80.6 Å². The summed E-state index contributed by atoms with van der Waals surface area (Å²) < 4.78 is 3.17. The number of nitrogens with zero attached hydrogens (tertiary/aromatic N) is 3.